The van der Waals surface area contributed by atoms with Crippen molar-refractivity contribution in [1.82, 2.24) is 10.3 Å². The van der Waals surface area contributed by atoms with Crippen LogP contribution in [0.1, 0.15) is 5.56 Å². The van der Waals surface area contributed by atoms with E-state index in [1.807, 2.05) is 24.3 Å². The van der Waals surface area contributed by atoms with Gasteiger partial charge in [-0.05, 0) is 54.1 Å². The van der Waals surface area contributed by atoms with Crippen LogP contribution in [0.4, 0.5) is 21.9 Å². The summed E-state index contributed by atoms with van der Waals surface area (Å²) >= 11 is 0. The molecule has 2 heterocycles. The highest BCUT2D eigenvalue weighted by atomic mass is 32.2. The molecule has 3 N–H and O–H groups in total. The molecule has 0 unspecified atom stereocenters. The quantitative estimate of drug-likeness (QED) is 0.492. The monoisotopic (exact) mass is 467 g/mol. The molecule has 0 atom stereocenters. The number of nitrogens with zero attached hydrogens (tertiary/aromatic N) is 2. The van der Waals surface area contributed by atoms with Gasteiger partial charge in [0.2, 0.25) is 0 Å². The number of sulfonamides is 1. The van der Waals surface area contributed by atoms with Crippen molar-refractivity contribution >= 4 is 33.1 Å². The number of hydrogen-bond donors (Lipinski definition) is 3. The van der Waals surface area contributed by atoms with Gasteiger partial charge in [0.15, 0.2) is 0 Å². The Morgan fingerprint density at radius 1 is 1.00 bits per heavy atom. The fourth-order valence-corrected chi connectivity index (χ4v) is 4.43. The minimum absolute atomic E-state index is 0.0978. The van der Waals surface area contributed by atoms with Crippen molar-refractivity contribution in [1.29, 1.82) is 0 Å². The zero-order valence-electron chi connectivity index (χ0n) is 17.9. The Balaban J connectivity index is 1.36. The van der Waals surface area contributed by atoms with Crippen molar-refractivity contribution in [2.24, 2.45) is 0 Å². The normalized spacial score (nSPS) is 13.9. The van der Waals surface area contributed by atoms with Crippen molar-refractivity contribution in [3.8, 4) is 0 Å². The second-order valence-electron chi connectivity index (χ2n) is 7.45. The summed E-state index contributed by atoms with van der Waals surface area (Å²) in [5.74, 6) is 0. The van der Waals surface area contributed by atoms with Crippen LogP contribution in [0.2, 0.25) is 0 Å². The maximum absolute atomic E-state index is 12.8. The van der Waals surface area contributed by atoms with E-state index in [0.717, 1.165) is 24.3 Å². The summed E-state index contributed by atoms with van der Waals surface area (Å²) in [6.07, 6.45) is 3.33. The molecule has 172 valence electrons. The van der Waals surface area contributed by atoms with Gasteiger partial charge >= 0.3 is 6.03 Å². The largest absolute Gasteiger partial charge is 0.378 e. The summed E-state index contributed by atoms with van der Waals surface area (Å²) in [4.78, 5) is 18.3. The highest BCUT2D eigenvalue weighted by molar-refractivity contribution is 7.92. The molecule has 2 aromatic carbocycles. The van der Waals surface area contributed by atoms with Gasteiger partial charge in [-0.3, -0.25) is 9.71 Å². The number of rotatable bonds is 7. The first-order valence-corrected chi connectivity index (χ1v) is 12.0. The molecule has 9 nitrogen and oxygen atoms in total. The van der Waals surface area contributed by atoms with Crippen molar-refractivity contribution in [2.75, 3.05) is 41.2 Å². The number of carbonyl (C=O) groups is 1. The first-order valence-electron chi connectivity index (χ1n) is 10.5. The lowest BCUT2D eigenvalue weighted by atomic mass is 10.2. The summed E-state index contributed by atoms with van der Waals surface area (Å²) in [5, 5.41) is 5.41. The van der Waals surface area contributed by atoms with Crippen LogP contribution >= 0.6 is 0 Å². The molecule has 1 fully saturated rings. The number of carbonyl (C=O) groups excluding carboxylic acids is 1. The maximum Gasteiger partial charge on any atom is 0.319 e. The molecule has 0 saturated carbocycles. The Labute approximate surface area is 192 Å². The van der Waals surface area contributed by atoms with E-state index in [9.17, 15) is 13.2 Å². The molecule has 1 saturated heterocycles. The summed E-state index contributed by atoms with van der Waals surface area (Å²) < 4.78 is 33.7. The number of aromatic nitrogens is 1. The number of benzene rings is 2. The minimum atomic E-state index is -3.78. The molecular formula is C23H25N5O4S. The topological polar surface area (TPSA) is 113 Å². The Kier molecular flexibility index (Phi) is 7.06. The Bertz CT molecular complexity index is 1180. The number of amides is 2. The Hall–Kier alpha value is -3.63. The van der Waals surface area contributed by atoms with Gasteiger partial charge in [0.25, 0.3) is 10.0 Å². The molecule has 33 heavy (non-hydrogen) atoms. The third-order valence-electron chi connectivity index (χ3n) is 5.07. The van der Waals surface area contributed by atoms with Crippen LogP contribution in [0.3, 0.4) is 0 Å². The van der Waals surface area contributed by atoms with E-state index in [4.69, 9.17) is 4.74 Å². The van der Waals surface area contributed by atoms with Gasteiger partial charge < -0.3 is 20.3 Å². The first-order chi connectivity index (χ1) is 16.0. The van der Waals surface area contributed by atoms with Crippen LogP contribution in [0.5, 0.6) is 0 Å². The molecule has 1 aromatic heterocycles. The average Bonchev–Trinajstić information content (AvgIpc) is 2.84. The van der Waals surface area contributed by atoms with Crippen LogP contribution < -0.4 is 20.3 Å². The van der Waals surface area contributed by atoms with Crippen molar-refractivity contribution in [3.05, 3.63) is 78.6 Å². The van der Waals surface area contributed by atoms with Gasteiger partial charge in [-0.1, -0.05) is 12.1 Å². The first kappa shape index (κ1) is 22.6. The molecule has 0 spiro atoms. The number of pyridine rings is 1. The average molecular weight is 468 g/mol. The Morgan fingerprint density at radius 3 is 2.52 bits per heavy atom. The standard InChI is InChI=1S/C23H25N5O4S/c29-23(25-17-18-3-2-10-24-16-18)26-19-6-8-22(9-7-19)33(30,31)27-20-4-1-5-21(15-20)28-11-13-32-14-12-28/h1-10,15-16,27H,11-14,17H2,(H2,25,26,29). The third-order valence-corrected chi connectivity index (χ3v) is 6.47. The van der Waals surface area contributed by atoms with Gasteiger partial charge in [-0.25, -0.2) is 13.2 Å². The smallest absolute Gasteiger partial charge is 0.319 e. The second-order valence-corrected chi connectivity index (χ2v) is 9.13. The van der Waals surface area contributed by atoms with Gasteiger partial charge in [0.05, 0.1) is 23.8 Å². The van der Waals surface area contributed by atoms with E-state index in [1.54, 1.807) is 36.7 Å². The molecule has 0 bridgehead atoms. The van der Waals surface area contributed by atoms with Crippen LogP contribution in [-0.4, -0.2) is 45.7 Å². The third kappa shape index (κ3) is 6.21. The highest BCUT2D eigenvalue weighted by Gasteiger charge is 2.16. The summed E-state index contributed by atoms with van der Waals surface area (Å²) in [6, 6.07) is 16.5. The highest BCUT2D eigenvalue weighted by Crippen LogP contribution is 2.23. The molecule has 1 aliphatic heterocycles. The van der Waals surface area contributed by atoms with E-state index in [-0.39, 0.29) is 4.90 Å². The van der Waals surface area contributed by atoms with E-state index >= 15 is 0 Å². The molecule has 1 aliphatic rings. The number of hydrogen-bond acceptors (Lipinski definition) is 6. The summed E-state index contributed by atoms with van der Waals surface area (Å²) in [7, 11) is -3.78. The molecule has 4 rings (SSSR count). The summed E-state index contributed by atoms with van der Waals surface area (Å²) in [5.41, 5.74) is 2.77. The van der Waals surface area contributed by atoms with Crippen molar-refractivity contribution < 1.29 is 17.9 Å². The summed E-state index contributed by atoms with van der Waals surface area (Å²) in [6.45, 7) is 3.16. The van der Waals surface area contributed by atoms with Crippen LogP contribution in [-0.2, 0) is 21.3 Å². The molecular weight excluding hydrogens is 442 g/mol. The van der Waals surface area contributed by atoms with E-state index in [2.05, 4.69) is 25.2 Å². The van der Waals surface area contributed by atoms with Gasteiger partial charge in [-0.2, -0.15) is 0 Å². The predicted molar refractivity (Wildman–Crippen MR) is 127 cm³/mol. The predicted octanol–water partition coefficient (Wildman–Crippen LogP) is 3.04. The lowest BCUT2D eigenvalue weighted by molar-refractivity contribution is 0.122. The van der Waals surface area contributed by atoms with Gasteiger partial charge in [-0.15, -0.1) is 0 Å². The zero-order valence-corrected chi connectivity index (χ0v) is 18.7. The number of urea groups is 1. The Morgan fingerprint density at radius 2 is 1.79 bits per heavy atom. The number of nitrogens with one attached hydrogen (secondary N) is 3. The molecule has 0 radical (unpaired) electrons. The van der Waals surface area contributed by atoms with Crippen LogP contribution in [0, 0.1) is 0 Å². The van der Waals surface area contributed by atoms with E-state index in [1.165, 1.54) is 12.1 Å². The minimum Gasteiger partial charge on any atom is -0.378 e. The lowest BCUT2D eigenvalue weighted by Gasteiger charge is -2.29. The van der Waals surface area contributed by atoms with Crippen LogP contribution in [0.15, 0.2) is 78.0 Å². The number of ether oxygens (including phenoxy) is 1. The fraction of sp³-hybridized carbons (Fsp3) is 0.217. The second kappa shape index (κ2) is 10.3. The van der Waals surface area contributed by atoms with Crippen molar-refractivity contribution in [2.45, 2.75) is 11.4 Å². The van der Waals surface area contributed by atoms with Gasteiger partial charge in [0.1, 0.15) is 0 Å². The maximum atomic E-state index is 12.8. The fourth-order valence-electron chi connectivity index (χ4n) is 3.38. The van der Waals surface area contributed by atoms with E-state index in [0.29, 0.717) is 31.1 Å². The van der Waals surface area contributed by atoms with E-state index < -0.39 is 16.1 Å². The SMILES string of the molecule is O=C(NCc1cccnc1)Nc1ccc(S(=O)(=O)Nc2cccc(N3CCOCC3)c2)cc1. The number of morpholine rings is 1. The molecule has 2 amide bonds. The molecule has 10 heteroatoms. The van der Waals surface area contributed by atoms with Crippen molar-refractivity contribution in [3.63, 3.8) is 0 Å². The molecule has 3 aromatic rings. The van der Waals surface area contributed by atoms with Gasteiger partial charge in [0, 0.05) is 43.4 Å². The number of anilines is 3. The zero-order chi connectivity index (χ0) is 23.1. The molecule has 0 aliphatic carbocycles. The lowest BCUT2D eigenvalue weighted by Crippen LogP contribution is -2.36. The van der Waals surface area contributed by atoms with Crippen LogP contribution in [0.25, 0.3) is 0 Å².